The quantitative estimate of drug-likeness (QED) is 0.836. The molecule has 2 unspecified atom stereocenters. The molecule has 1 aromatic carbocycles. The lowest BCUT2D eigenvalue weighted by atomic mass is 10.1. The van der Waals surface area contributed by atoms with Crippen LogP contribution < -0.4 is 4.72 Å². The van der Waals surface area contributed by atoms with Gasteiger partial charge < -0.3 is 9.54 Å². The number of H-pyrrole nitrogens is 1. The Kier molecular flexibility index (Phi) is 3.71. The number of benzene rings is 1. The van der Waals surface area contributed by atoms with Crippen molar-refractivity contribution in [2.45, 2.75) is 38.5 Å². The molecule has 4 heteroatoms. The molecule has 0 aliphatic carbocycles. The third-order valence-corrected chi connectivity index (χ3v) is 4.62. The molecular formula is C14H20N2OS. The highest BCUT2D eigenvalue weighted by Crippen LogP contribution is 2.25. The molecule has 0 radical (unpaired) electrons. The second kappa shape index (κ2) is 4.96. The number of nitrogens with one attached hydrogen (secondary N) is 2. The highest BCUT2D eigenvalue weighted by Gasteiger charge is 2.28. The van der Waals surface area contributed by atoms with Crippen molar-refractivity contribution in [1.82, 2.24) is 9.71 Å². The van der Waals surface area contributed by atoms with Crippen LogP contribution in [0.5, 0.6) is 0 Å². The third kappa shape index (κ3) is 2.71. The summed E-state index contributed by atoms with van der Waals surface area (Å²) in [5.41, 5.74) is 2.29. The highest BCUT2D eigenvalue weighted by atomic mass is 32.2. The van der Waals surface area contributed by atoms with Crippen molar-refractivity contribution in [1.29, 1.82) is 0 Å². The summed E-state index contributed by atoms with van der Waals surface area (Å²) in [6, 6.07) is 8.26. The van der Waals surface area contributed by atoms with E-state index in [9.17, 15) is 4.55 Å². The number of fused-ring (bicyclic) bond motifs is 1. The van der Waals surface area contributed by atoms with Gasteiger partial charge in [0.2, 0.25) is 0 Å². The summed E-state index contributed by atoms with van der Waals surface area (Å²) in [6.45, 7) is 7.96. The predicted molar refractivity (Wildman–Crippen MR) is 77.7 cm³/mol. The van der Waals surface area contributed by atoms with Crippen LogP contribution in [-0.4, -0.2) is 14.3 Å². The maximum Gasteiger partial charge on any atom is 0.136 e. The third-order valence-electron chi connectivity index (χ3n) is 2.94. The molecule has 0 aliphatic heterocycles. The molecule has 3 nitrogen and oxygen atoms in total. The normalized spacial score (nSPS) is 15.8. The molecular weight excluding hydrogens is 244 g/mol. The fourth-order valence-corrected chi connectivity index (χ4v) is 2.69. The van der Waals surface area contributed by atoms with Gasteiger partial charge in [0.05, 0.1) is 6.04 Å². The largest absolute Gasteiger partial charge is 0.598 e. The van der Waals surface area contributed by atoms with Crippen LogP contribution >= 0.6 is 0 Å². The first-order valence-corrected chi connectivity index (χ1v) is 7.28. The lowest BCUT2D eigenvalue weighted by Gasteiger charge is -2.26. The van der Waals surface area contributed by atoms with E-state index in [2.05, 4.69) is 21.8 Å². The van der Waals surface area contributed by atoms with Gasteiger partial charge in [-0.25, -0.2) is 0 Å². The summed E-state index contributed by atoms with van der Waals surface area (Å²) >= 11 is -1.06. The van der Waals surface area contributed by atoms with Gasteiger partial charge in [-0.3, -0.25) is 0 Å². The minimum atomic E-state index is -1.06. The van der Waals surface area contributed by atoms with Crippen molar-refractivity contribution in [3.05, 3.63) is 36.0 Å². The van der Waals surface area contributed by atoms with Gasteiger partial charge >= 0.3 is 0 Å². The Hall–Kier alpha value is -0.970. The van der Waals surface area contributed by atoms with Crippen molar-refractivity contribution in [3.8, 4) is 0 Å². The first-order chi connectivity index (χ1) is 8.39. The van der Waals surface area contributed by atoms with Gasteiger partial charge in [0.1, 0.15) is 4.75 Å². The van der Waals surface area contributed by atoms with Crippen LogP contribution in [0.4, 0.5) is 0 Å². The first-order valence-electron chi connectivity index (χ1n) is 6.13. The van der Waals surface area contributed by atoms with E-state index < -0.39 is 11.4 Å². The smallest absolute Gasteiger partial charge is 0.136 e. The SMILES string of the molecule is CC(N[S+]([O-])C(C)(C)C)c1cccc2[nH]ccc12. The maximum atomic E-state index is 12.1. The summed E-state index contributed by atoms with van der Waals surface area (Å²) < 4.78 is 15.0. The molecule has 18 heavy (non-hydrogen) atoms. The summed E-state index contributed by atoms with van der Waals surface area (Å²) in [4.78, 5) is 3.19. The highest BCUT2D eigenvalue weighted by molar-refractivity contribution is 7.90. The van der Waals surface area contributed by atoms with Gasteiger partial charge in [-0.1, -0.05) is 12.1 Å². The topological polar surface area (TPSA) is 50.9 Å². The molecule has 0 saturated carbocycles. The molecule has 0 spiro atoms. The van der Waals surface area contributed by atoms with Crippen LogP contribution in [0.15, 0.2) is 30.5 Å². The second-order valence-electron chi connectivity index (χ2n) is 5.51. The zero-order valence-electron chi connectivity index (χ0n) is 11.3. The molecule has 2 rings (SSSR count). The molecule has 2 N–H and O–H groups in total. The number of aromatic amines is 1. The van der Waals surface area contributed by atoms with Crippen LogP contribution in [0, 0.1) is 0 Å². The van der Waals surface area contributed by atoms with Crippen LogP contribution in [0.25, 0.3) is 10.9 Å². The fraction of sp³-hybridized carbons (Fsp3) is 0.429. The lowest BCUT2D eigenvalue weighted by molar-refractivity contribution is 0.532. The van der Waals surface area contributed by atoms with Crippen LogP contribution in [0.1, 0.15) is 39.3 Å². The number of aromatic nitrogens is 1. The summed E-state index contributed by atoms with van der Waals surface area (Å²) in [6.07, 6.45) is 1.93. The molecule has 0 bridgehead atoms. The first kappa shape index (κ1) is 13.5. The van der Waals surface area contributed by atoms with Gasteiger partial charge in [-0.05, 0) is 45.4 Å². The zero-order valence-corrected chi connectivity index (χ0v) is 12.1. The molecule has 0 aliphatic rings. The molecule has 2 aromatic rings. The lowest BCUT2D eigenvalue weighted by Crippen LogP contribution is -2.40. The standard InChI is InChI=1S/C14H20N2OS/c1-10(16-18(17)14(2,3)4)11-6-5-7-13-12(11)8-9-15-13/h5-10,15-16H,1-4H3. The summed E-state index contributed by atoms with van der Waals surface area (Å²) in [5, 5.41) is 1.18. The van der Waals surface area contributed by atoms with Gasteiger partial charge in [0.15, 0.2) is 0 Å². The van der Waals surface area contributed by atoms with Crippen LogP contribution in [-0.2, 0) is 11.4 Å². The number of hydrogen-bond donors (Lipinski definition) is 2. The monoisotopic (exact) mass is 264 g/mol. The van der Waals surface area contributed by atoms with Gasteiger partial charge in [-0.15, -0.1) is 4.72 Å². The summed E-state index contributed by atoms with van der Waals surface area (Å²) in [5.74, 6) is 0. The van der Waals surface area contributed by atoms with Crippen molar-refractivity contribution in [2.24, 2.45) is 0 Å². The number of rotatable bonds is 3. The Morgan fingerprint density at radius 1 is 1.28 bits per heavy atom. The zero-order chi connectivity index (χ0) is 13.3. The van der Waals surface area contributed by atoms with Crippen LogP contribution in [0.3, 0.4) is 0 Å². The van der Waals surface area contributed by atoms with E-state index in [1.54, 1.807) is 0 Å². The Labute approximate surface area is 111 Å². The molecule has 0 saturated heterocycles. The molecule has 98 valence electrons. The van der Waals surface area contributed by atoms with Gasteiger partial charge in [0.25, 0.3) is 0 Å². The molecule has 1 aromatic heterocycles. The van der Waals surface area contributed by atoms with E-state index in [0.29, 0.717) is 0 Å². The molecule has 2 atom stereocenters. The van der Waals surface area contributed by atoms with E-state index >= 15 is 0 Å². The van der Waals surface area contributed by atoms with Gasteiger partial charge in [-0.2, -0.15) is 0 Å². The van der Waals surface area contributed by atoms with Crippen LogP contribution in [0.2, 0.25) is 0 Å². The maximum absolute atomic E-state index is 12.1. The van der Waals surface area contributed by atoms with Gasteiger partial charge in [0, 0.05) is 28.5 Å². The van der Waals surface area contributed by atoms with E-state index in [1.807, 2.05) is 46.0 Å². The Bertz CT molecular complexity index is 530. The van der Waals surface area contributed by atoms with E-state index in [0.717, 1.165) is 5.52 Å². The van der Waals surface area contributed by atoms with Crippen molar-refractivity contribution in [2.75, 3.05) is 0 Å². The van der Waals surface area contributed by atoms with E-state index in [4.69, 9.17) is 0 Å². The van der Waals surface area contributed by atoms with Crippen molar-refractivity contribution < 1.29 is 4.55 Å². The molecule has 0 amide bonds. The predicted octanol–water partition coefficient (Wildman–Crippen LogP) is 3.28. The Morgan fingerprint density at radius 2 is 2.00 bits per heavy atom. The second-order valence-corrected chi connectivity index (χ2v) is 7.50. The van der Waals surface area contributed by atoms with Crippen molar-refractivity contribution >= 4 is 22.3 Å². The minimum absolute atomic E-state index is 0.0598. The van der Waals surface area contributed by atoms with E-state index in [1.165, 1.54) is 10.9 Å². The molecule has 1 heterocycles. The summed E-state index contributed by atoms with van der Waals surface area (Å²) in [7, 11) is 0. The molecule has 0 fully saturated rings. The van der Waals surface area contributed by atoms with E-state index in [-0.39, 0.29) is 10.8 Å². The minimum Gasteiger partial charge on any atom is -0.598 e. The average Bonchev–Trinajstić information content (AvgIpc) is 2.74. The number of hydrogen-bond acceptors (Lipinski definition) is 2. The Balaban J connectivity index is 2.23. The van der Waals surface area contributed by atoms with Crippen molar-refractivity contribution in [3.63, 3.8) is 0 Å². The fourth-order valence-electron chi connectivity index (χ4n) is 1.89. The average molecular weight is 264 g/mol. The Morgan fingerprint density at radius 3 is 2.67 bits per heavy atom.